The second-order valence-electron chi connectivity index (χ2n) is 3.34. The number of hydrogen-bond donors (Lipinski definition) is 1. The molecular weight excluding hydrogens is 220 g/mol. The minimum absolute atomic E-state index is 0.345. The maximum atomic E-state index is 8.76. The first-order chi connectivity index (χ1) is 8.28. The molecule has 0 saturated heterocycles. The molecule has 0 aliphatic carbocycles. The highest BCUT2D eigenvalue weighted by atomic mass is 16.5. The summed E-state index contributed by atoms with van der Waals surface area (Å²) in [5.74, 6) is 0.978. The molecule has 7 nitrogen and oxygen atoms in total. The van der Waals surface area contributed by atoms with E-state index in [1.54, 1.807) is 6.07 Å². The lowest BCUT2D eigenvalue weighted by atomic mass is 10.3. The van der Waals surface area contributed by atoms with Crippen LogP contribution in [0.4, 0.5) is 5.95 Å². The number of rotatable bonds is 4. The molecule has 0 unspecified atom stereocenters. The highest BCUT2D eigenvalue weighted by Crippen LogP contribution is 2.04. The molecule has 0 amide bonds. The molecule has 0 aliphatic heterocycles. The van der Waals surface area contributed by atoms with Crippen LogP contribution in [0.3, 0.4) is 0 Å². The lowest BCUT2D eigenvalue weighted by Gasteiger charge is -2.03. The predicted octanol–water partition coefficient (Wildman–Crippen LogP) is 0.694. The third-order valence-electron chi connectivity index (χ3n) is 2.00. The molecular formula is C10H10N6O. The maximum absolute atomic E-state index is 8.76. The number of aromatic nitrogens is 4. The van der Waals surface area contributed by atoms with Gasteiger partial charge in [-0.1, -0.05) is 5.16 Å². The van der Waals surface area contributed by atoms with Gasteiger partial charge in [-0.25, -0.2) is 9.97 Å². The molecule has 0 fully saturated rings. The Hall–Kier alpha value is -2.49. The molecule has 17 heavy (non-hydrogen) atoms. The van der Waals surface area contributed by atoms with E-state index in [2.05, 4.69) is 25.4 Å². The first kappa shape index (κ1) is 11.0. The maximum Gasteiger partial charge on any atom is 0.228 e. The van der Waals surface area contributed by atoms with E-state index in [4.69, 9.17) is 9.78 Å². The SMILES string of the molecule is Cc1cc(C#N)nc(NCCc2ncno2)n1. The predicted molar refractivity (Wildman–Crippen MR) is 58.0 cm³/mol. The standard InChI is InChI=1S/C10H10N6O/c1-7-4-8(5-11)16-10(15-7)12-3-2-9-13-6-14-17-9/h4,6H,2-3H2,1H3,(H,12,15,16). The van der Waals surface area contributed by atoms with E-state index in [0.717, 1.165) is 5.69 Å². The summed E-state index contributed by atoms with van der Waals surface area (Å²) in [5, 5.41) is 15.3. The summed E-state index contributed by atoms with van der Waals surface area (Å²) in [6.07, 6.45) is 1.94. The van der Waals surface area contributed by atoms with Crippen LogP contribution >= 0.6 is 0 Å². The van der Waals surface area contributed by atoms with E-state index >= 15 is 0 Å². The van der Waals surface area contributed by atoms with Gasteiger partial charge >= 0.3 is 0 Å². The average Bonchev–Trinajstić information content (AvgIpc) is 2.81. The van der Waals surface area contributed by atoms with Crippen LogP contribution in [0.5, 0.6) is 0 Å². The van der Waals surface area contributed by atoms with E-state index < -0.39 is 0 Å². The van der Waals surface area contributed by atoms with Crippen molar-refractivity contribution in [3.63, 3.8) is 0 Å². The summed E-state index contributed by atoms with van der Waals surface area (Å²) in [6, 6.07) is 3.61. The molecule has 2 aromatic rings. The minimum Gasteiger partial charge on any atom is -0.354 e. The van der Waals surface area contributed by atoms with Crippen LogP contribution in [0.1, 0.15) is 17.3 Å². The van der Waals surface area contributed by atoms with Crippen molar-refractivity contribution in [3.05, 3.63) is 29.7 Å². The van der Waals surface area contributed by atoms with Gasteiger partial charge in [0.25, 0.3) is 0 Å². The molecule has 7 heteroatoms. The van der Waals surface area contributed by atoms with Crippen LogP contribution in [-0.4, -0.2) is 26.7 Å². The Morgan fingerprint density at radius 2 is 2.35 bits per heavy atom. The Morgan fingerprint density at radius 1 is 1.47 bits per heavy atom. The summed E-state index contributed by atoms with van der Waals surface area (Å²) >= 11 is 0. The topological polar surface area (TPSA) is 101 Å². The van der Waals surface area contributed by atoms with Gasteiger partial charge in [-0.05, 0) is 13.0 Å². The van der Waals surface area contributed by atoms with Crippen molar-refractivity contribution in [1.82, 2.24) is 20.1 Å². The third kappa shape index (κ3) is 2.98. The number of nitriles is 1. The van der Waals surface area contributed by atoms with Crippen molar-refractivity contribution in [2.24, 2.45) is 0 Å². The molecule has 0 aromatic carbocycles. The largest absolute Gasteiger partial charge is 0.354 e. The molecule has 0 spiro atoms. The van der Waals surface area contributed by atoms with Gasteiger partial charge in [0.2, 0.25) is 11.8 Å². The van der Waals surface area contributed by atoms with Gasteiger partial charge in [0, 0.05) is 18.7 Å². The van der Waals surface area contributed by atoms with Crippen LogP contribution in [0.15, 0.2) is 16.9 Å². The zero-order valence-electron chi connectivity index (χ0n) is 9.21. The second kappa shape index (κ2) is 5.03. The fraction of sp³-hybridized carbons (Fsp3) is 0.300. The van der Waals surface area contributed by atoms with Crippen molar-refractivity contribution in [2.45, 2.75) is 13.3 Å². The summed E-state index contributed by atoms with van der Waals surface area (Å²) < 4.78 is 4.85. The van der Waals surface area contributed by atoms with Gasteiger partial charge in [-0.15, -0.1) is 0 Å². The Bertz CT molecular complexity index is 530. The van der Waals surface area contributed by atoms with Crippen molar-refractivity contribution >= 4 is 5.95 Å². The number of nitrogens with one attached hydrogen (secondary N) is 1. The fourth-order valence-corrected chi connectivity index (χ4v) is 1.29. The van der Waals surface area contributed by atoms with Gasteiger partial charge in [-0.2, -0.15) is 10.2 Å². The molecule has 0 atom stereocenters. The lowest BCUT2D eigenvalue weighted by Crippen LogP contribution is -2.09. The number of nitrogens with zero attached hydrogens (tertiary/aromatic N) is 5. The first-order valence-corrected chi connectivity index (χ1v) is 5.03. The molecule has 0 aliphatic rings. The highest BCUT2D eigenvalue weighted by Gasteiger charge is 2.02. The van der Waals surface area contributed by atoms with E-state index in [0.29, 0.717) is 30.5 Å². The molecule has 1 N–H and O–H groups in total. The lowest BCUT2D eigenvalue weighted by molar-refractivity contribution is 0.379. The van der Waals surface area contributed by atoms with Crippen LogP contribution in [0, 0.1) is 18.3 Å². The number of aryl methyl sites for hydroxylation is 1. The van der Waals surface area contributed by atoms with Crippen molar-refractivity contribution in [2.75, 3.05) is 11.9 Å². The van der Waals surface area contributed by atoms with E-state index in [9.17, 15) is 0 Å². The summed E-state index contributed by atoms with van der Waals surface area (Å²) in [5.41, 5.74) is 1.09. The van der Waals surface area contributed by atoms with Crippen LogP contribution < -0.4 is 5.32 Å². The Labute approximate surface area is 97.5 Å². The van der Waals surface area contributed by atoms with Crippen molar-refractivity contribution in [1.29, 1.82) is 5.26 Å². The van der Waals surface area contributed by atoms with Crippen LogP contribution in [-0.2, 0) is 6.42 Å². The molecule has 0 radical (unpaired) electrons. The minimum atomic E-state index is 0.345. The third-order valence-corrected chi connectivity index (χ3v) is 2.00. The zero-order valence-corrected chi connectivity index (χ0v) is 9.21. The van der Waals surface area contributed by atoms with Crippen LogP contribution in [0.2, 0.25) is 0 Å². The van der Waals surface area contributed by atoms with Crippen molar-refractivity contribution in [3.8, 4) is 6.07 Å². The van der Waals surface area contributed by atoms with E-state index in [1.165, 1.54) is 6.33 Å². The van der Waals surface area contributed by atoms with E-state index in [-0.39, 0.29) is 0 Å². The van der Waals surface area contributed by atoms with Crippen molar-refractivity contribution < 1.29 is 4.52 Å². The van der Waals surface area contributed by atoms with Gasteiger partial charge < -0.3 is 9.84 Å². The quantitative estimate of drug-likeness (QED) is 0.824. The first-order valence-electron chi connectivity index (χ1n) is 5.03. The second-order valence-corrected chi connectivity index (χ2v) is 3.34. The Morgan fingerprint density at radius 3 is 3.06 bits per heavy atom. The molecule has 2 aromatic heterocycles. The van der Waals surface area contributed by atoms with Gasteiger partial charge in [-0.3, -0.25) is 0 Å². The smallest absolute Gasteiger partial charge is 0.228 e. The van der Waals surface area contributed by atoms with Gasteiger partial charge in [0.1, 0.15) is 11.8 Å². The van der Waals surface area contributed by atoms with Crippen LogP contribution in [0.25, 0.3) is 0 Å². The molecule has 2 rings (SSSR count). The Balaban J connectivity index is 1.95. The summed E-state index contributed by atoms with van der Waals surface area (Å²) in [6.45, 7) is 2.38. The Kier molecular flexibility index (Phi) is 3.25. The molecule has 0 bridgehead atoms. The molecule has 86 valence electrons. The fourth-order valence-electron chi connectivity index (χ4n) is 1.29. The monoisotopic (exact) mass is 230 g/mol. The zero-order chi connectivity index (χ0) is 12.1. The number of hydrogen-bond acceptors (Lipinski definition) is 7. The molecule has 0 saturated carbocycles. The summed E-state index contributed by atoms with van der Waals surface area (Å²) in [7, 11) is 0. The van der Waals surface area contributed by atoms with Gasteiger partial charge in [0.05, 0.1) is 0 Å². The normalized spacial score (nSPS) is 9.88. The highest BCUT2D eigenvalue weighted by molar-refractivity contribution is 5.32. The average molecular weight is 230 g/mol. The number of anilines is 1. The molecule has 2 heterocycles. The van der Waals surface area contributed by atoms with Gasteiger partial charge in [0.15, 0.2) is 6.33 Å². The summed E-state index contributed by atoms with van der Waals surface area (Å²) in [4.78, 5) is 12.1. The van der Waals surface area contributed by atoms with E-state index in [1.807, 2.05) is 13.0 Å².